The van der Waals surface area contributed by atoms with Gasteiger partial charge in [-0.15, -0.1) is 0 Å². The lowest BCUT2D eigenvalue weighted by atomic mass is 10.2. The van der Waals surface area contributed by atoms with Crippen LogP contribution in [0.5, 0.6) is 11.5 Å². The molecule has 0 aromatic heterocycles. The second-order valence-electron chi connectivity index (χ2n) is 5.85. The SMILES string of the molecule is COc1ccc(OCCCC(=O)O[C@@H](C)C(=O)Nc2c(F)cccc2F)cc1. The van der Waals surface area contributed by atoms with Crippen LogP contribution in [-0.4, -0.2) is 31.7 Å². The molecule has 0 bridgehead atoms. The molecule has 0 saturated heterocycles. The lowest BCUT2D eigenvalue weighted by molar-refractivity contribution is -0.153. The molecule has 2 aromatic carbocycles. The van der Waals surface area contributed by atoms with Crippen molar-refractivity contribution in [3.8, 4) is 11.5 Å². The van der Waals surface area contributed by atoms with Crippen LogP contribution >= 0.6 is 0 Å². The fourth-order valence-corrected chi connectivity index (χ4v) is 2.23. The van der Waals surface area contributed by atoms with Crippen LogP contribution in [0.3, 0.4) is 0 Å². The summed E-state index contributed by atoms with van der Waals surface area (Å²) in [6, 6.07) is 10.2. The lowest BCUT2D eigenvalue weighted by Crippen LogP contribution is -2.30. The Morgan fingerprint density at radius 3 is 2.25 bits per heavy atom. The number of carbonyl (C=O) groups excluding carboxylic acids is 2. The number of amides is 1. The number of rotatable bonds is 9. The zero-order valence-corrected chi connectivity index (χ0v) is 15.5. The third kappa shape index (κ3) is 6.22. The van der Waals surface area contributed by atoms with Crippen LogP contribution in [-0.2, 0) is 14.3 Å². The molecule has 0 heterocycles. The molecule has 2 rings (SSSR count). The van der Waals surface area contributed by atoms with E-state index in [1.807, 2.05) is 0 Å². The fourth-order valence-electron chi connectivity index (χ4n) is 2.23. The van der Waals surface area contributed by atoms with Gasteiger partial charge in [0.05, 0.1) is 13.7 Å². The monoisotopic (exact) mass is 393 g/mol. The van der Waals surface area contributed by atoms with Crippen molar-refractivity contribution in [2.24, 2.45) is 0 Å². The Morgan fingerprint density at radius 2 is 1.64 bits per heavy atom. The average Bonchev–Trinajstić information content (AvgIpc) is 2.68. The topological polar surface area (TPSA) is 73.9 Å². The van der Waals surface area contributed by atoms with E-state index in [0.29, 0.717) is 17.9 Å². The zero-order chi connectivity index (χ0) is 20.5. The predicted octanol–water partition coefficient (Wildman–Crippen LogP) is 3.70. The summed E-state index contributed by atoms with van der Waals surface area (Å²) in [5.41, 5.74) is -0.580. The number of carbonyl (C=O) groups is 2. The maximum atomic E-state index is 13.5. The number of esters is 1. The first-order chi connectivity index (χ1) is 13.4. The van der Waals surface area contributed by atoms with Crippen LogP contribution in [0, 0.1) is 11.6 Å². The molecule has 0 radical (unpaired) electrons. The van der Waals surface area contributed by atoms with Crippen LogP contribution in [0.4, 0.5) is 14.5 Å². The standard InChI is InChI=1S/C20H21F2NO5/c1-13(20(25)23-19-16(21)5-3-6-17(19)22)28-18(24)7-4-12-27-15-10-8-14(26-2)9-11-15/h3,5-6,8-11,13H,4,7,12H2,1-2H3,(H,23,25)/t13-/m0/s1. The second-order valence-corrected chi connectivity index (χ2v) is 5.85. The van der Waals surface area contributed by atoms with Crippen molar-refractivity contribution in [3.63, 3.8) is 0 Å². The molecule has 1 N–H and O–H groups in total. The van der Waals surface area contributed by atoms with Gasteiger partial charge in [-0.25, -0.2) is 8.78 Å². The number of methoxy groups -OCH3 is 1. The molecule has 0 spiro atoms. The molecule has 8 heteroatoms. The summed E-state index contributed by atoms with van der Waals surface area (Å²) in [5.74, 6) is -1.93. The Labute approximate surface area is 161 Å². The number of para-hydroxylation sites is 1. The van der Waals surface area contributed by atoms with Crippen LogP contribution < -0.4 is 14.8 Å². The molecular weight excluding hydrogens is 372 g/mol. The van der Waals surface area contributed by atoms with Gasteiger partial charge in [-0.05, 0) is 49.7 Å². The van der Waals surface area contributed by atoms with E-state index in [1.165, 1.54) is 13.0 Å². The van der Waals surface area contributed by atoms with E-state index in [1.54, 1.807) is 31.4 Å². The van der Waals surface area contributed by atoms with Gasteiger partial charge in [-0.1, -0.05) is 6.07 Å². The van der Waals surface area contributed by atoms with Gasteiger partial charge < -0.3 is 19.5 Å². The number of benzene rings is 2. The van der Waals surface area contributed by atoms with Crippen molar-refractivity contribution in [2.45, 2.75) is 25.9 Å². The Balaban J connectivity index is 1.72. The van der Waals surface area contributed by atoms with E-state index < -0.39 is 35.3 Å². The molecular formula is C20H21F2NO5. The van der Waals surface area contributed by atoms with E-state index in [2.05, 4.69) is 5.32 Å². The number of ether oxygens (including phenoxy) is 3. The molecule has 0 unspecified atom stereocenters. The van der Waals surface area contributed by atoms with Gasteiger partial charge in [0.1, 0.15) is 28.8 Å². The highest BCUT2D eigenvalue weighted by Crippen LogP contribution is 2.19. The molecule has 150 valence electrons. The van der Waals surface area contributed by atoms with Gasteiger partial charge >= 0.3 is 5.97 Å². The molecule has 1 amide bonds. The highest BCUT2D eigenvalue weighted by atomic mass is 19.1. The Morgan fingerprint density at radius 1 is 1.04 bits per heavy atom. The minimum Gasteiger partial charge on any atom is -0.497 e. The van der Waals surface area contributed by atoms with Gasteiger partial charge in [0.2, 0.25) is 0 Å². The summed E-state index contributed by atoms with van der Waals surface area (Å²) in [4.78, 5) is 23.8. The molecule has 0 aliphatic rings. The predicted molar refractivity (Wildman–Crippen MR) is 98.3 cm³/mol. The van der Waals surface area contributed by atoms with E-state index in [0.717, 1.165) is 12.1 Å². The zero-order valence-electron chi connectivity index (χ0n) is 15.5. The normalized spacial score (nSPS) is 11.4. The van der Waals surface area contributed by atoms with Gasteiger partial charge in [0.15, 0.2) is 6.10 Å². The number of anilines is 1. The molecule has 0 saturated carbocycles. The van der Waals surface area contributed by atoms with Gasteiger partial charge in [-0.2, -0.15) is 0 Å². The first-order valence-electron chi connectivity index (χ1n) is 8.62. The minimum absolute atomic E-state index is 0.0296. The van der Waals surface area contributed by atoms with Crippen molar-refractivity contribution in [1.29, 1.82) is 0 Å². The molecule has 0 aliphatic carbocycles. The average molecular weight is 393 g/mol. The maximum Gasteiger partial charge on any atom is 0.306 e. The van der Waals surface area contributed by atoms with Gasteiger partial charge in [0.25, 0.3) is 5.91 Å². The Hall–Kier alpha value is -3.16. The number of hydrogen-bond donors (Lipinski definition) is 1. The van der Waals surface area contributed by atoms with E-state index in [-0.39, 0.29) is 13.0 Å². The summed E-state index contributed by atoms with van der Waals surface area (Å²) >= 11 is 0. The molecule has 1 atom stereocenters. The van der Waals surface area contributed by atoms with Crippen LogP contribution in [0.25, 0.3) is 0 Å². The van der Waals surface area contributed by atoms with E-state index in [4.69, 9.17) is 14.2 Å². The Bertz CT molecular complexity index is 790. The smallest absolute Gasteiger partial charge is 0.306 e. The highest BCUT2D eigenvalue weighted by Gasteiger charge is 2.20. The first kappa shape index (κ1) is 21.1. The van der Waals surface area contributed by atoms with Crippen molar-refractivity contribution < 1.29 is 32.6 Å². The van der Waals surface area contributed by atoms with Crippen LogP contribution in [0.2, 0.25) is 0 Å². The van der Waals surface area contributed by atoms with E-state index in [9.17, 15) is 18.4 Å². The summed E-state index contributed by atoms with van der Waals surface area (Å²) in [5, 5.41) is 2.08. The fraction of sp³-hybridized carbons (Fsp3) is 0.300. The third-order valence-corrected chi connectivity index (χ3v) is 3.74. The molecule has 28 heavy (non-hydrogen) atoms. The minimum atomic E-state index is -1.20. The Kier molecular flexibility index (Phi) is 7.74. The van der Waals surface area contributed by atoms with Gasteiger partial charge in [-0.3, -0.25) is 9.59 Å². The second kappa shape index (κ2) is 10.2. The van der Waals surface area contributed by atoms with Crippen molar-refractivity contribution >= 4 is 17.6 Å². The molecule has 0 fully saturated rings. The third-order valence-electron chi connectivity index (χ3n) is 3.74. The maximum absolute atomic E-state index is 13.5. The van der Waals surface area contributed by atoms with Crippen LogP contribution in [0.1, 0.15) is 19.8 Å². The number of nitrogens with one attached hydrogen (secondary N) is 1. The molecule has 0 aliphatic heterocycles. The number of halogens is 2. The summed E-state index contributed by atoms with van der Waals surface area (Å²) in [7, 11) is 1.57. The highest BCUT2D eigenvalue weighted by molar-refractivity contribution is 5.95. The van der Waals surface area contributed by atoms with Gasteiger partial charge in [0, 0.05) is 6.42 Å². The molecule has 2 aromatic rings. The first-order valence-corrected chi connectivity index (χ1v) is 8.62. The lowest BCUT2D eigenvalue weighted by Gasteiger charge is -2.14. The quantitative estimate of drug-likeness (QED) is 0.519. The van der Waals surface area contributed by atoms with E-state index >= 15 is 0 Å². The number of hydrogen-bond acceptors (Lipinski definition) is 5. The van der Waals surface area contributed by atoms with Crippen molar-refractivity contribution in [3.05, 3.63) is 54.1 Å². The largest absolute Gasteiger partial charge is 0.497 e. The van der Waals surface area contributed by atoms with Crippen LogP contribution in [0.15, 0.2) is 42.5 Å². The molecule has 6 nitrogen and oxygen atoms in total. The van der Waals surface area contributed by atoms with Crippen molar-refractivity contribution in [2.75, 3.05) is 19.0 Å². The summed E-state index contributed by atoms with van der Waals surface area (Å²) < 4.78 is 42.6. The van der Waals surface area contributed by atoms with Crippen molar-refractivity contribution in [1.82, 2.24) is 0 Å². The summed E-state index contributed by atoms with van der Waals surface area (Å²) in [6.45, 7) is 1.60. The summed E-state index contributed by atoms with van der Waals surface area (Å²) in [6.07, 6.45) is -0.794.